The molecule has 0 heterocycles. The zero-order valence-electron chi connectivity index (χ0n) is 14.9. The molecule has 4 N–H and O–H groups in total. The first kappa shape index (κ1) is 19.0. The van der Waals surface area contributed by atoms with Crippen LogP contribution in [0.1, 0.15) is 16.7 Å². The molecular formula is C20H22N4O2. The first-order valence-electron chi connectivity index (χ1n) is 8.15. The van der Waals surface area contributed by atoms with Crippen molar-refractivity contribution in [3.8, 4) is 11.8 Å². The fourth-order valence-electron chi connectivity index (χ4n) is 2.40. The number of nitrogens with two attached hydrogens (primary N) is 1. The van der Waals surface area contributed by atoms with Crippen LogP contribution in [0.5, 0.6) is 5.75 Å². The van der Waals surface area contributed by atoms with Crippen LogP contribution in [-0.4, -0.2) is 13.0 Å². The Bertz CT molecular complexity index is 853. The summed E-state index contributed by atoms with van der Waals surface area (Å²) in [5, 5.41) is 15.0. The molecule has 0 radical (unpaired) electrons. The topological polar surface area (TPSA) is 100 Å². The van der Waals surface area contributed by atoms with E-state index < -0.39 is 5.91 Å². The lowest BCUT2D eigenvalue weighted by Gasteiger charge is -2.11. The number of ether oxygens (including phenoxy) is 1. The summed E-state index contributed by atoms with van der Waals surface area (Å²) in [6.07, 6.45) is 1.41. The van der Waals surface area contributed by atoms with E-state index in [1.54, 1.807) is 12.1 Å². The number of carbonyl (C=O) groups is 1. The van der Waals surface area contributed by atoms with Gasteiger partial charge in [0.25, 0.3) is 5.91 Å². The van der Waals surface area contributed by atoms with Gasteiger partial charge in [-0.1, -0.05) is 30.3 Å². The number of rotatable bonds is 7. The minimum absolute atomic E-state index is 0.0245. The Morgan fingerprint density at radius 3 is 2.73 bits per heavy atom. The highest BCUT2D eigenvalue weighted by Gasteiger charge is 2.12. The molecule has 2 rings (SSSR count). The van der Waals surface area contributed by atoms with E-state index in [1.807, 2.05) is 43.3 Å². The molecule has 2 aromatic rings. The molecule has 0 aliphatic carbocycles. The fourth-order valence-corrected chi connectivity index (χ4v) is 2.40. The molecule has 0 saturated carbocycles. The highest BCUT2D eigenvalue weighted by Crippen LogP contribution is 2.25. The lowest BCUT2D eigenvalue weighted by atomic mass is 10.1. The van der Waals surface area contributed by atoms with Crippen LogP contribution in [0, 0.1) is 18.3 Å². The fraction of sp³-hybridized carbons (Fsp3) is 0.200. The number of nitriles is 1. The first-order valence-corrected chi connectivity index (χ1v) is 8.15. The highest BCUT2D eigenvalue weighted by atomic mass is 16.5. The Hall–Kier alpha value is -3.30. The van der Waals surface area contributed by atoms with E-state index in [4.69, 9.17) is 10.5 Å². The van der Waals surface area contributed by atoms with Crippen LogP contribution in [0.4, 0.5) is 5.69 Å². The average molecular weight is 350 g/mol. The van der Waals surface area contributed by atoms with Gasteiger partial charge in [0.15, 0.2) is 0 Å². The van der Waals surface area contributed by atoms with Crippen molar-refractivity contribution in [3.63, 3.8) is 0 Å². The molecule has 6 heteroatoms. The monoisotopic (exact) mass is 350 g/mol. The van der Waals surface area contributed by atoms with Crippen molar-refractivity contribution < 1.29 is 9.53 Å². The Morgan fingerprint density at radius 1 is 1.27 bits per heavy atom. The maximum Gasteiger partial charge on any atom is 0.267 e. The van der Waals surface area contributed by atoms with Crippen LogP contribution in [0.25, 0.3) is 0 Å². The van der Waals surface area contributed by atoms with Crippen molar-refractivity contribution in [2.75, 3.05) is 12.4 Å². The molecule has 0 aromatic heterocycles. The summed E-state index contributed by atoms with van der Waals surface area (Å²) in [5.74, 6) is 0.0346. The van der Waals surface area contributed by atoms with E-state index in [9.17, 15) is 10.1 Å². The molecule has 0 aliphatic heterocycles. The van der Waals surface area contributed by atoms with Crippen LogP contribution in [-0.2, 0) is 17.9 Å². The quantitative estimate of drug-likeness (QED) is 0.526. The van der Waals surface area contributed by atoms with Gasteiger partial charge in [-0.3, -0.25) is 4.79 Å². The highest BCUT2D eigenvalue weighted by molar-refractivity contribution is 6.07. The van der Waals surface area contributed by atoms with Gasteiger partial charge < -0.3 is 21.1 Å². The first-order chi connectivity index (χ1) is 12.6. The minimum Gasteiger partial charge on any atom is -0.495 e. The van der Waals surface area contributed by atoms with Crippen LogP contribution < -0.4 is 21.1 Å². The molecule has 2 aromatic carbocycles. The summed E-state index contributed by atoms with van der Waals surface area (Å²) < 4.78 is 5.23. The number of methoxy groups -OCH3 is 1. The summed E-state index contributed by atoms with van der Waals surface area (Å²) in [7, 11) is 1.53. The summed E-state index contributed by atoms with van der Waals surface area (Å²) in [6, 6.07) is 15.1. The third-order valence-electron chi connectivity index (χ3n) is 3.75. The normalized spacial score (nSPS) is 10.8. The Morgan fingerprint density at radius 2 is 2.04 bits per heavy atom. The van der Waals surface area contributed by atoms with Gasteiger partial charge in [-0.2, -0.15) is 5.26 Å². The Kier molecular flexibility index (Phi) is 6.77. The number of hydrogen-bond acceptors (Lipinski definition) is 5. The molecule has 0 bridgehead atoms. The zero-order chi connectivity index (χ0) is 18.9. The summed E-state index contributed by atoms with van der Waals surface area (Å²) in [6.45, 7) is 2.86. The molecule has 26 heavy (non-hydrogen) atoms. The van der Waals surface area contributed by atoms with E-state index in [0.29, 0.717) is 24.5 Å². The van der Waals surface area contributed by atoms with Gasteiger partial charge in [0.05, 0.1) is 12.8 Å². The number of hydrogen-bond donors (Lipinski definition) is 3. The van der Waals surface area contributed by atoms with Crippen molar-refractivity contribution in [2.24, 2.45) is 5.73 Å². The lowest BCUT2D eigenvalue weighted by Crippen LogP contribution is -2.17. The van der Waals surface area contributed by atoms with Crippen molar-refractivity contribution in [1.82, 2.24) is 5.32 Å². The van der Waals surface area contributed by atoms with E-state index in [0.717, 1.165) is 16.7 Å². The van der Waals surface area contributed by atoms with Gasteiger partial charge in [-0.15, -0.1) is 0 Å². The lowest BCUT2D eigenvalue weighted by molar-refractivity contribution is -0.112. The van der Waals surface area contributed by atoms with E-state index in [1.165, 1.54) is 13.3 Å². The van der Waals surface area contributed by atoms with Gasteiger partial charge in [-0.25, -0.2) is 0 Å². The largest absolute Gasteiger partial charge is 0.495 e. The second kappa shape index (κ2) is 9.25. The summed E-state index contributed by atoms with van der Waals surface area (Å²) in [5.41, 5.74) is 9.14. The van der Waals surface area contributed by atoms with Gasteiger partial charge >= 0.3 is 0 Å². The summed E-state index contributed by atoms with van der Waals surface area (Å²) >= 11 is 0. The number of anilines is 1. The standard InChI is InChI=1S/C20H22N4O2/c1-14-6-7-19(26-2)18(8-14)24-20(25)17(11-22)13-23-12-16-5-3-4-15(9-16)10-21/h3-9,13,23H,10,12,21H2,1-2H3,(H,24,25)/b17-13-. The van der Waals surface area contributed by atoms with E-state index in [2.05, 4.69) is 10.6 Å². The predicted molar refractivity (Wildman–Crippen MR) is 101 cm³/mol. The zero-order valence-corrected chi connectivity index (χ0v) is 14.9. The van der Waals surface area contributed by atoms with Crippen molar-refractivity contribution in [2.45, 2.75) is 20.0 Å². The third-order valence-corrected chi connectivity index (χ3v) is 3.75. The van der Waals surface area contributed by atoms with Gasteiger partial charge in [0.1, 0.15) is 17.4 Å². The maximum atomic E-state index is 12.4. The van der Waals surface area contributed by atoms with Crippen LogP contribution >= 0.6 is 0 Å². The average Bonchev–Trinajstić information content (AvgIpc) is 2.65. The van der Waals surface area contributed by atoms with Gasteiger partial charge in [-0.05, 0) is 35.7 Å². The maximum absolute atomic E-state index is 12.4. The van der Waals surface area contributed by atoms with Crippen molar-refractivity contribution >= 4 is 11.6 Å². The molecule has 0 atom stereocenters. The SMILES string of the molecule is COc1ccc(C)cc1NC(=O)/C(C#N)=C\NCc1cccc(CN)c1. The predicted octanol–water partition coefficient (Wildman–Crippen LogP) is 2.60. The Labute approximate surface area is 153 Å². The van der Waals surface area contributed by atoms with Gasteiger partial charge in [0, 0.05) is 19.3 Å². The molecule has 0 aliphatic rings. The number of amides is 1. The van der Waals surface area contributed by atoms with Crippen LogP contribution in [0.2, 0.25) is 0 Å². The van der Waals surface area contributed by atoms with Crippen LogP contribution in [0.3, 0.4) is 0 Å². The Balaban J connectivity index is 2.05. The van der Waals surface area contributed by atoms with Crippen molar-refractivity contribution in [3.05, 3.63) is 70.9 Å². The molecule has 0 spiro atoms. The molecule has 0 fully saturated rings. The molecule has 6 nitrogen and oxygen atoms in total. The van der Waals surface area contributed by atoms with Crippen LogP contribution in [0.15, 0.2) is 54.2 Å². The van der Waals surface area contributed by atoms with E-state index >= 15 is 0 Å². The van der Waals surface area contributed by atoms with E-state index in [-0.39, 0.29) is 5.57 Å². The molecule has 0 saturated heterocycles. The number of nitrogens with zero attached hydrogens (tertiary/aromatic N) is 1. The summed E-state index contributed by atoms with van der Waals surface area (Å²) in [4.78, 5) is 12.4. The smallest absolute Gasteiger partial charge is 0.267 e. The molecular weight excluding hydrogens is 328 g/mol. The molecule has 1 amide bonds. The molecule has 0 unspecified atom stereocenters. The number of benzene rings is 2. The molecule has 134 valence electrons. The number of aryl methyl sites for hydroxylation is 1. The third kappa shape index (κ3) is 5.10. The second-order valence-corrected chi connectivity index (χ2v) is 5.73. The van der Waals surface area contributed by atoms with Crippen molar-refractivity contribution in [1.29, 1.82) is 5.26 Å². The number of nitrogens with one attached hydrogen (secondary N) is 2. The second-order valence-electron chi connectivity index (χ2n) is 5.73. The minimum atomic E-state index is -0.500. The van der Waals surface area contributed by atoms with Gasteiger partial charge in [0.2, 0.25) is 0 Å². The number of carbonyl (C=O) groups excluding carboxylic acids is 1.